The summed E-state index contributed by atoms with van der Waals surface area (Å²) >= 11 is 1.28. The van der Waals surface area contributed by atoms with Gasteiger partial charge in [0, 0.05) is 18.2 Å². The van der Waals surface area contributed by atoms with E-state index < -0.39 is 4.92 Å². The van der Waals surface area contributed by atoms with Crippen LogP contribution in [0.3, 0.4) is 0 Å². The number of methoxy groups -OCH3 is 1. The van der Waals surface area contributed by atoms with Crippen LogP contribution in [0.25, 0.3) is 16.7 Å². The summed E-state index contributed by atoms with van der Waals surface area (Å²) in [5.41, 5.74) is 3.11. The molecule has 0 radical (unpaired) electrons. The molecule has 0 aliphatic heterocycles. The number of para-hydroxylation sites is 2. The third-order valence-electron chi connectivity index (χ3n) is 5.59. The molecule has 9 heteroatoms. The van der Waals surface area contributed by atoms with Gasteiger partial charge < -0.3 is 10.1 Å². The van der Waals surface area contributed by atoms with Gasteiger partial charge in [-0.15, -0.1) is 0 Å². The first-order valence-corrected chi connectivity index (χ1v) is 12.2. The molecule has 1 aromatic heterocycles. The van der Waals surface area contributed by atoms with Gasteiger partial charge in [0.05, 0.1) is 34.5 Å². The molecule has 3 aromatic carbocycles. The Morgan fingerprint density at radius 1 is 1.14 bits per heavy atom. The summed E-state index contributed by atoms with van der Waals surface area (Å²) in [4.78, 5) is 28.1. The summed E-state index contributed by atoms with van der Waals surface area (Å²) in [6.45, 7) is 1.99. The van der Waals surface area contributed by atoms with Gasteiger partial charge >= 0.3 is 0 Å². The Hall–Kier alpha value is -3.85. The lowest BCUT2D eigenvalue weighted by atomic mass is 10.1. The number of aryl methyl sites for hydroxylation is 1. The number of benzene rings is 3. The monoisotopic (exact) mass is 490 g/mol. The first-order chi connectivity index (χ1) is 17.0. The van der Waals surface area contributed by atoms with E-state index in [1.807, 2.05) is 54.0 Å². The van der Waals surface area contributed by atoms with E-state index >= 15 is 0 Å². The summed E-state index contributed by atoms with van der Waals surface area (Å²) in [6.07, 6.45) is 1.72. The molecule has 1 atom stereocenters. The molecule has 4 rings (SSSR count). The average molecular weight is 491 g/mol. The van der Waals surface area contributed by atoms with Crippen molar-refractivity contribution in [2.75, 3.05) is 12.9 Å². The molecule has 35 heavy (non-hydrogen) atoms. The number of imidazole rings is 1. The van der Waals surface area contributed by atoms with Crippen LogP contribution in [0.15, 0.2) is 78.0 Å². The van der Waals surface area contributed by atoms with Crippen molar-refractivity contribution in [3.8, 4) is 11.4 Å². The van der Waals surface area contributed by atoms with E-state index in [4.69, 9.17) is 4.74 Å². The highest BCUT2D eigenvalue weighted by Crippen LogP contribution is 2.33. The lowest BCUT2D eigenvalue weighted by molar-refractivity contribution is -0.384. The van der Waals surface area contributed by atoms with Crippen LogP contribution in [0.5, 0.6) is 5.75 Å². The minimum absolute atomic E-state index is 0.0268. The van der Waals surface area contributed by atoms with Crippen LogP contribution < -0.4 is 10.1 Å². The van der Waals surface area contributed by atoms with Crippen LogP contribution >= 0.6 is 11.8 Å². The SMILES string of the molecule is COc1ccccc1-n1c(SCC(=O)NC(C)CCc2ccccc2)nc2cc([N+](=O)[O-])ccc21. The van der Waals surface area contributed by atoms with Crippen molar-refractivity contribution in [1.82, 2.24) is 14.9 Å². The van der Waals surface area contributed by atoms with Crippen LogP contribution in [0.2, 0.25) is 0 Å². The number of hydrogen-bond donors (Lipinski definition) is 1. The van der Waals surface area contributed by atoms with Crippen molar-refractivity contribution in [3.05, 3.63) is 88.5 Å². The maximum atomic E-state index is 12.7. The Bertz CT molecular complexity index is 1340. The van der Waals surface area contributed by atoms with Gasteiger partial charge in [0.1, 0.15) is 5.75 Å². The Balaban J connectivity index is 1.52. The van der Waals surface area contributed by atoms with Crippen molar-refractivity contribution in [2.45, 2.75) is 31.0 Å². The number of ether oxygens (including phenoxy) is 1. The molecule has 0 saturated heterocycles. The largest absolute Gasteiger partial charge is 0.495 e. The molecule has 0 bridgehead atoms. The molecule has 0 aliphatic rings. The highest BCUT2D eigenvalue weighted by Gasteiger charge is 2.19. The van der Waals surface area contributed by atoms with Crippen LogP contribution in [0, 0.1) is 10.1 Å². The topological polar surface area (TPSA) is 99.3 Å². The third-order valence-corrected chi connectivity index (χ3v) is 6.53. The predicted octanol–water partition coefficient (Wildman–Crippen LogP) is 5.17. The summed E-state index contributed by atoms with van der Waals surface area (Å²) in [6, 6.07) is 22.2. The summed E-state index contributed by atoms with van der Waals surface area (Å²) in [7, 11) is 1.58. The molecule has 0 aliphatic carbocycles. The number of nitrogens with zero attached hydrogens (tertiary/aromatic N) is 3. The number of carbonyl (C=O) groups excluding carboxylic acids is 1. The zero-order chi connectivity index (χ0) is 24.8. The second-order valence-corrected chi connectivity index (χ2v) is 9.06. The first kappa shape index (κ1) is 24.3. The number of nitro groups is 1. The second kappa shape index (κ2) is 11.1. The van der Waals surface area contributed by atoms with Gasteiger partial charge in [0.15, 0.2) is 5.16 Å². The number of rotatable bonds is 10. The fourth-order valence-corrected chi connectivity index (χ4v) is 4.68. The number of aromatic nitrogens is 2. The number of thioether (sulfide) groups is 1. The molecular formula is C26H26N4O4S. The first-order valence-electron chi connectivity index (χ1n) is 11.2. The summed E-state index contributed by atoms with van der Waals surface area (Å²) in [5.74, 6) is 0.696. The fourth-order valence-electron chi connectivity index (χ4n) is 3.85. The third kappa shape index (κ3) is 5.81. The molecule has 4 aromatic rings. The predicted molar refractivity (Wildman–Crippen MR) is 137 cm³/mol. The minimum Gasteiger partial charge on any atom is -0.495 e. The van der Waals surface area contributed by atoms with Crippen molar-refractivity contribution in [3.63, 3.8) is 0 Å². The van der Waals surface area contributed by atoms with Crippen LogP contribution in [-0.2, 0) is 11.2 Å². The second-order valence-electron chi connectivity index (χ2n) is 8.11. The average Bonchev–Trinajstić information content (AvgIpc) is 3.24. The van der Waals surface area contributed by atoms with Gasteiger partial charge in [-0.2, -0.15) is 0 Å². The van der Waals surface area contributed by atoms with E-state index in [1.165, 1.54) is 29.5 Å². The molecule has 180 valence electrons. The Kier molecular flexibility index (Phi) is 7.67. The van der Waals surface area contributed by atoms with Crippen LogP contribution in [0.1, 0.15) is 18.9 Å². The van der Waals surface area contributed by atoms with E-state index in [2.05, 4.69) is 22.4 Å². The lowest BCUT2D eigenvalue weighted by Crippen LogP contribution is -2.34. The summed E-state index contributed by atoms with van der Waals surface area (Å²) < 4.78 is 7.40. The van der Waals surface area contributed by atoms with Gasteiger partial charge in [-0.05, 0) is 43.5 Å². The number of hydrogen-bond acceptors (Lipinski definition) is 6. The highest BCUT2D eigenvalue weighted by atomic mass is 32.2. The zero-order valence-electron chi connectivity index (χ0n) is 19.5. The molecule has 0 fully saturated rings. The number of nitrogens with one attached hydrogen (secondary N) is 1. The Morgan fingerprint density at radius 3 is 2.63 bits per heavy atom. The molecule has 1 heterocycles. The minimum atomic E-state index is -0.446. The maximum Gasteiger partial charge on any atom is 0.271 e. The Labute approximate surface area is 207 Å². The van der Waals surface area contributed by atoms with Crippen LogP contribution in [0.4, 0.5) is 5.69 Å². The van der Waals surface area contributed by atoms with E-state index in [0.29, 0.717) is 21.9 Å². The standard InChI is InChI=1S/C26H26N4O4S/c1-18(12-13-19-8-4-3-5-9-19)27-25(31)17-35-26-28-21-16-20(30(32)33)14-15-22(21)29(26)23-10-6-7-11-24(23)34-2/h3-11,14-16,18H,12-13,17H2,1-2H3,(H,27,31). The highest BCUT2D eigenvalue weighted by molar-refractivity contribution is 7.99. The van der Waals surface area contributed by atoms with E-state index in [9.17, 15) is 14.9 Å². The quantitative estimate of drug-likeness (QED) is 0.187. The van der Waals surface area contributed by atoms with Gasteiger partial charge in [-0.1, -0.05) is 54.2 Å². The van der Waals surface area contributed by atoms with Crippen molar-refractivity contribution in [1.29, 1.82) is 0 Å². The Morgan fingerprint density at radius 2 is 1.89 bits per heavy atom. The molecule has 1 unspecified atom stereocenters. The molecule has 0 spiro atoms. The number of fused-ring (bicyclic) bond motifs is 1. The van der Waals surface area contributed by atoms with Crippen LogP contribution in [-0.4, -0.2) is 39.3 Å². The van der Waals surface area contributed by atoms with E-state index in [-0.39, 0.29) is 23.4 Å². The van der Waals surface area contributed by atoms with Gasteiger partial charge in [0.25, 0.3) is 5.69 Å². The van der Waals surface area contributed by atoms with E-state index in [1.54, 1.807) is 13.2 Å². The number of nitro benzene ring substituents is 1. The number of amides is 1. The van der Waals surface area contributed by atoms with Gasteiger partial charge in [-0.25, -0.2) is 4.98 Å². The van der Waals surface area contributed by atoms with Crippen molar-refractivity contribution >= 4 is 34.4 Å². The molecule has 0 saturated carbocycles. The summed E-state index contributed by atoms with van der Waals surface area (Å²) in [5, 5.41) is 14.9. The maximum absolute atomic E-state index is 12.7. The van der Waals surface area contributed by atoms with Gasteiger partial charge in [0.2, 0.25) is 5.91 Å². The molecular weight excluding hydrogens is 464 g/mol. The van der Waals surface area contributed by atoms with Crippen molar-refractivity contribution in [2.24, 2.45) is 0 Å². The number of carbonyl (C=O) groups is 1. The van der Waals surface area contributed by atoms with Crippen molar-refractivity contribution < 1.29 is 14.5 Å². The molecule has 8 nitrogen and oxygen atoms in total. The number of non-ortho nitro benzene ring substituents is 1. The normalized spacial score (nSPS) is 11.8. The lowest BCUT2D eigenvalue weighted by Gasteiger charge is -2.15. The van der Waals surface area contributed by atoms with Gasteiger partial charge in [-0.3, -0.25) is 19.5 Å². The molecule has 1 amide bonds. The van der Waals surface area contributed by atoms with E-state index in [0.717, 1.165) is 18.5 Å². The molecule has 1 N–H and O–H groups in total. The fraction of sp³-hybridized carbons (Fsp3) is 0.231. The smallest absolute Gasteiger partial charge is 0.271 e. The zero-order valence-corrected chi connectivity index (χ0v) is 20.3.